The Kier molecular flexibility index (Phi) is 6.97. The number of benzene rings is 1. The molecule has 0 amide bonds. The van der Waals surface area contributed by atoms with E-state index in [0.29, 0.717) is 17.8 Å². The molecule has 0 radical (unpaired) electrons. The van der Waals surface area contributed by atoms with Crippen molar-refractivity contribution in [3.8, 4) is 11.5 Å². The molecule has 0 aromatic heterocycles. The summed E-state index contributed by atoms with van der Waals surface area (Å²) in [5.74, 6) is 3.76. The van der Waals surface area contributed by atoms with Crippen LogP contribution in [0.2, 0.25) is 18.1 Å². The second-order valence-electron chi connectivity index (χ2n) is 16.3. The average Bonchev–Trinajstić information content (AvgIpc) is 3.19. The van der Waals surface area contributed by atoms with Gasteiger partial charge in [0.2, 0.25) is 0 Å². The van der Waals surface area contributed by atoms with E-state index in [4.69, 9.17) is 13.9 Å². The van der Waals surface area contributed by atoms with Crippen LogP contribution in [0.15, 0.2) is 12.1 Å². The third-order valence-corrected chi connectivity index (χ3v) is 18.1. The van der Waals surface area contributed by atoms with E-state index >= 15 is 0 Å². The van der Waals surface area contributed by atoms with E-state index in [-0.39, 0.29) is 39.4 Å². The van der Waals surface area contributed by atoms with E-state index in [1.165, 1.54) is 43.2 Å². The monoisotopic (exact) mass is 556 g/mol. The molecule has 0 unspecified atom stereocenters. The van der Waals surface area contributed by atoms with Crippen LogP contribution >= 0.6 is 0 Å². The standard InChI is InChI=1S/C34H56O4Si/c1-30(2,3)39(10,11)38-28-16-19-31(4)25-15-18-33(6)27(32(25,5)17-14-26(31)34(28,7)21-35)20-22-23(36-8)12-13-24(37-9)29(22)33/h12-13,25-28,35H,14-21H2,1-11H3/t25-,26-,27+,28+,31-,32-,33+,34+/m1/s1. The van der Waals surface area contributed by atoms with Crippen LogP contribution in [0.3, 0.4) is 0 Å². The zero-order valence-corrected chi connectivity index (χ0v) is 27.8. The Labute approximate surface area is 239 Å². The van der Waals surface area contributed by atoms with Gasteiger partial charge in [0.25, 0.3) is 0 Å². The van der Waals surface area contributed by atoms with Crippen molar-refractivity contribution in [1.82, 2.24) is 0 Å². The van der Waals surface area contributed by atoms with Crippen LogP contribution in [-0.4, -0.2) is 40.4 Å². The molecule has 0 aliphatic heterocycles. The second-order valence-corrected chi connectivity index (χ2v) is 21.0. The maximum atomic E-state index is 11.1. The Morgan fingerprint density at radius 1 is 0.846 bits per heavy atom. The van der Waals surface area contributed by atoms with Crippen molar-refractivity contribution in [2.45, 2.75) is 123 Å². The first-order chi connectivity index (χ1) is 18.0. The molecule has 5 rings (SSSR count). The molecule has 0 bridgehead atoms. The first-order valence-corrected chi connectivity index (χ1v) is 18.5. The summed E-state index contributed by atoms with van der Waals surface area (Å²) < 4.78 is 19.0. The second kappa shape index (κ2) is 9.23. The molecular weight excluding hydrogens is 500 g/mol. The zero-order chi connectivity index (χ0) is 28.8. The van der Waals surface area contributed by atoms with Crippen molar-refractivity contribution >= 4 is 8.32 Å². The minimum Gasteiger partial charge on any atom is -0.496 e. The van der Waals surface area contributed by atoms with Gasteiger partial charge in [-0.15, -0.1) is 0 Å². The van der Waals surface area contributed by atoms with Gasteiger partial charge < -0.3 is 19.0 Å². The number of fused-ring (bicyclic) bond motifs is 7. The number of aliphatic hydroxyl groups excluding tert-OH is 1. The van der Waals surface area contributed by atoms with Crippen LogP contribution in [0.4, 0.5) is 0 Å². The first-order valence-electron chi connectivity index (χ1n) is 15.6. The normalized spacial score (nSPS) is 41.7. The highest BCUT2D eigenvalue weighted by molar-refractivity contribution is 6.74. The predicted octanol–water partition coefficient (Wildman–Crippen LogP) is 8.15. The molecule has 5 heteroatoms. The SMILES string of the molecule is COc1ccc(OC)c2c1C[C@H]1[C@]3(C)CC[C@@H]4[C@](C)(CC[C@H](O[Si](C)(C)C(C)(C)C)[C@@]4(C)CO)[C@H]3CC[C@]21C. The van der Waals surface area contributed by atoms with Crippen LogP contribution < -0.4 is 9.47 Å². The van der Waals surface area contributed by atoms with Crippen molar-refractivity contribution in [2.24, 2.45) is 34.0 Å². The third-order valence-electron chi connectivity index (χ3n) is 13.6. The largest absolute Gasteiger partial charge is 0.496 e. The first kappa shape index (κ1) is 29.4. The third kappa shape index (κ3) is 3.95. The molecule has 8 atom stereocenters. The summed E-state index contributed by atoms with van der Waals surface area (Å²) in [7, 11) is 1.68. The Balaban J connectivity index is 1.51. The average molecular weight is 557 g/mol. The van der Waals surface area contributed by atoms with Crippen molar-refractivity contribution < 1.29 is 19.0 Å². The van der Waals surface area contributed by atoms with Crippen LogP contribution in [0.5, 0.6) is 11.5 Å². The highest BCUT2D eigenvalue weighted by atomic mass is 28.4. The molecule has 1 aromatic rings. The fraction of sp³-hybridized carbons (Fsp3) is 0.824. The molecule has 4 aliphatic carbocycles. The molecule has 3 saturated carbocycles. The molecule has 220 valence electrons. The van der Waals surface area contributed by atoms with E-state index in [1.807, 2.05) is 14.2 Å². The van der Waals surface area contributed by atoms with Crippen molar-refractivity contribution in [2.75, 3.05) is 20.8 Å². The van der Waals surface area contributed by atoms with Crippen LogP contribution in [-0.2, 0) is 16.3 Å². The van der Waals surface area contributed by atoms with Gasteiger partial charge >= 0.3 is 0 Å². The highest BCUT2D eigenvalue weighted by Gasteiger charge is 2.68. The highest BCUT2D eigenvalue weighted by Crippen LogP contribution is 2.73. The van der Waals surface area contributed by atoms with E-state index < -0.39 is 8.32 Å². The lowest BCUT2D eigenvalue weighted by Crippen LogP contribution is -2.65. The zero-order valence-electron chi connectivity index (χ0n) is 26.8. The molecule has 0 spiro atoms. The molecular formula is C34H56O4Si. The van der Waals surface area contributed by atoms with Crippen molar-refractivity contribution in [3.63, 3.8) is 0 Å². The summed E-state index contributed by atoms with van der Waals surface area (Å²) in [5, 5.41) is 11.2. The molecule has 1 N–H and O–H groups in total. The van der Waals surface area contributed by atoms with Crippen LogP contribution in [0.25, 0.3) is 0 Å². The summed E-state index contributed by atoms with van der Waals surface area (Å²) in [6, 6.07) is 4.22. The molecule has 39 heavy (non-hydrogen) atoms. The Hall–Kier alpha value is -1.04. The number of rotatable bonds is 5. The maximum absolute atomic E-state index is 11.1. The molecule has 4 aliphatic rings. The van der Waals surface area contributed by atoms with Gasteiger partial charge in [0.15, 0.2) is 8.32 Å². The topological polar surface area (TPSA) is 47.9 Å². The van der Waals surface area contributed by atoms with Gasteiger partial charge in [0.1, 0.15) is 11.5 Å². The quantitative estimate of drug-likeness (QED) is 0.372. The van der Waals surface area contributed by atoms with Crippen LogP contribution in [0.1, 0.15) is 98.1 Å². The van der Waals surface area contributed by atoms with Crippen molar-refractivity contribution in [3.05, 3.63) is 23.3 Å². The number of hydrogen-bond donors (Lipinski definition) is 1. The Bertz CT molecular complexity index is 1110. The van der Waals surface area contributed by atoms with E-state index in [2.05, 4.69) is 73.7 Å². The van der Waals surface area contributed by atoms with Gasteiger partial charge in [-0.25, -0.2) is 0 Å². The maximum Gasteiger partial charge on any atom is 0.192 e. The number of hydrogen-bond acceptors (Lipinski definition) is 4. The number of aliphatic hydroxyl groups is 1. The predicted molar refractivity (Wildman–Crippen MR) is 162 cm³/mol. The Morgan fingerprint density at radius 3 is 2.00 bits per heavy atom. The van der Waals surface area contributed by atoms with Gasteiger partial charge in [0, 0.05) is 22.0 Å². The lowest BCUT2D eigenvalue weighted by Gasteiger charge is -2.69. The summed E-state index contributed by atoms with van der Waals surface area (Å²) in [6.45, 7) is 22.1. The Morgan fingerprint density at radius 2 is 1.41 bits per heavy atom. The fourth-order valence-electron chi connectivity index (χ4n) is 10.5. The summed E-state index contributed by atoms with van der Waals surface area (Å²) in [4.78, 5) is 0. The lowest BCUT2D eigenvalue weighted by atomic mass is 9.37. The van der Waals surface area contributed by atoms with E-state index in [1.54, 1.807) is 0 Å². The number of ether oxygens (including phenoxy) is 2. The molecule has 4 nitrogen and oxygen atoms in total. The van der Waals surface area contributed by atoms with Gasteiger partial charge in [-0.1, -0.05) is 48.5 Å². The van der Waals surface area contributed by atoms with E-state index in [9.17, 15) is 5.11 Å². The van der Waals surface area contributed by atoms with Gasteiger partial charge in [0.05, 0.1) is 26.9 Å². The molecule has 1 aromatic carbocycles. The fourth-order valence-corrected chi connectivity index (χ4v) is 12.0. The van der Waals surface area contributed by atoms with Crippen LogP contribution in [0, 0.1) is 34.0 Å². The van der Waals surface area contributed by atoms with Gasteiger partial charge in [-0.05, 0) is 104 Å². The molecule has 0 heterocycles. The van der Waals surface area contributed by atoms with Gasteiger partial charge in [-0.2, -0.15) is 0 Å². The molecule has 0 saturated heterocycles. The summed E-state index contributed by atoms with van der Waals surface area (Å²) in [5.41, 5.74) is 3.15. The van der Waals surface area contributed by atoms with Gasteiger partial charge in [-0.3, -0.25) is 0 Å². The minimum atomic E-state index is -1.94. The van der Waals surface area contributed by atoms with Crippen molar-refractivity contribution in [1.29, 1.82) is 0 Å². The number of methoxy groups -OCH3 is 2. The molecule has 3 fully saturated rings. The lowest BCUT2D eigenvalue weighted by molar-refractivity contribution is -0.211. The smallest absolute Gasteiger partial charge is 0.192 e. The summed E-state index contributed by atoms with van der Waals surface area (Å²) in [6.07, 6.45) is 8.32. The minimum absolute atomic E-state index is 0.104. The summed E-state index contributed by atoms with van der Waals surface area (Å²) >= 11 is 0. The van der Waals surface area contributed by atoms with E-state index in [0.717, 1.165) is 24.3 Å².